The van der Waals surface area contributed by atoms with Crippen molar-refractivity contribution in [3.63, 3.8) is 0 Å². The van der Waals surface area contributed by atoms with Gasteiger partial charge in [0, 0.05) is 44.0 Å². The second kappa shape index (κ2) is 15.2. The fourth-order valence-corrected chi connectivity index (χ4v) is 2.82. The lowest BCUT2D eigenvalue weighted by molar-refractivity contribution is -0.164. The molecule has 0 aromatic carbocycles. The molecule has 0 aliphatic carbocycles. The molecule has 0 aromatic rings. The smallest absolute Gasteiger partial charge is 0.326 e. The highest BCUT2D eigenvalue weighted by molar-refractivity contribution is 8.13. The summed E-state index contributed by atoms with van der Waals surface area (Å²) in [7, 11) is 0. The van der Waals surface area contributed by atoms with Gasteiger partial charge in [-0.05, 0) is 0 Å². The Kier molecular flexibility index (Phi) is 13.9. The van der Waals surface area contributed by atoms with Gasteiger partial charge >= 0.3 is 11.9 Å². The summed E-state index contributed by atoms with van der Waals surface area (Å²) in [5, 5.41) is 25.0. The van der Waals surface area contributed by atoms with Gasteiger partial charge in [0.15, 0.2) is 11.2 Å². The summed E-state index contributed by atoms with van der Waals surface area (Å²) in [5.74, 6) is -3.15. The van der Waals surface area contributed by atoms with E-state index < -0.39 is 48.4 Å². The van der Waals surface area contributed by atoms with Gasteiger partial charge in [0.1, 0.15) is 6.54 Å². The molecule has 0 saturated heterocycles. The van der Waals surface area contributed by atoms with Crippen molar-refractivity contribution in [3.8, 4) is 0 Å². The van der Waals surface area contributed by atoms with Crippen LogP contribution >= 0.6 is 11.8 Å². The number of aliphatic hydroxyl groups excluding tert-OH is 1. The number of carboxylic acids is 1. The minimum Gasteiger partial charge on any atom is -0.481 e. The van der Waals surface area contributed by atoms with E-state index in [2.05, 4.69) is 16.0 Å². The van der Waals surface area contributed by atoms with E-state index in [1.807, 2.05) is 0 Å². The Labute approximate surface area is 190 Å². The minimum atomic E-state index is -1.34. The van der Waals surface area contributed by atoms with E-state index in [0.717, 1.165) is 11.8 Å². The predicted molar refractivity (Wildman–Crippen MR) is 114 cm³/mol. The molecule has 0 spiro atoms. The number of carboxylic acid groups (broad SMARTS) is 1. The van der Waals surface area contributed by atoms with Crippen LogP contribution in [0.15, 0.2) is 0 Å². The molecule has 1 unspecified atom stereocenters. The molecule has 0 aliphatic rings. The third kappa shape index (κ3) is 13.6. The molecule has 1 atom stereocenters. The lowest BCUT2D eigenvalue weighted by atomic mass is 9.86. The van der Waals surface area contributed by atoms with E-state index in [1.54, 1.807) is 0 Å². The van der Waals surface area contributed by atoms with Gasteiger partial charge in [0.25, 0.3) is 5.91 Å². The van der Waals surface area contributed by atoms with E-state index in [4.69, 9.17) is 9.84 Å². The standard InChI is InChI=1S/C19H31N3O9S/c1-12(24)22-10-15(28)31-17(19(2,3)11-23)18(30)21-7-6-13(25)20-8-9-32-16(29)5-4-14(26)27/h17,23H,4-11H2,1-3H3,(H,20,25)(H,21,30)(H,22,24)(H,26,27). The molecule has 182 valence electrons. The molecule has 12 nitrogen and oxygen atoms in total. The largest absolute Gasteiger partial charge is 0.481 e. The summed E-state index contributed by atoms with van der Waals surface area (Å²) in [5.41, 5.74) is -1.11. The molecule has 0 heterocycles. The summed E-state index contributed by atoms with van der Waals surface area (Å²) < 4.78 is 5.11. The number of ether oxygens (including phenoxy) is 1. The maximum atomic E-state index is 12.4. The lowest BCUT2D eigenvalue weighted by Crippen LogP contribution is -2.49. The zero-order chi connectivity index (χ0) is 24.7. The zero-order valence-corrected chi connectivity index (χ0v) is 19.2. The Morgan fingerprint density at radius 2 is 1.62 bits per heavy atom. The summed E-state index contributed by atoms with van der Waals surface area (Å²) >= 11 is 0.925. The van der Waals surface area contributed by atoms with Crippen LogP contribution < -0.4 is 16.0 Å². The number of amides is 3. The van der Waals surface area contributed by atoms with Gasteiger partial charge in [0.05, 0.1) is 13.0 Å². The van der Waals surface area contributed by atoms with E-state index in [1.165, 1.54) is 20.8 Å². The van der Waals surface area contributed by atoms with Crippen molar-refractivity contribution in [2.24, 2.45) is 5.41 Å². The number of hydrogen-bond acceptors (Lipinski definition) is 9. The number of carbonyl (C=O) groups is 6. The molecule has 3 amide bonds. The minimum absolute atomic E-state index is 0.0589. The van der Waals surface area contributed by atoms with Crippen molar-refractivity contribution in [2.45, 2.75) is 46.1 Å². The van der Waals surface area contributed by atoms with Gasteiger partial charge in [-0.1, -0.05) is 25.6 Å². The number of esters is 1. The highest BCUT2D eigenvalue weighted by Gasteiger charge is 2.38. The van der Waals surface area contributed by atoms with Crippen LogP contribution in [0.5, 0.6) is 0 Å². The first-order chi connectivity index (χ1) is 14.9. The summed E-state index contributed by atoms with van der Waals surface area (Å²) in [6.45, 7) is 3.50. The summed E-state index contributed by atoms with van der Waals surface area (Å²) in [4.78, 5) is 68.8. The lowest BCUT2D eigenvalue weighted by Gasteiger charge is -2.31. The molecule has 0 radical (unpaired) electrons. The summed E-state index contributed by atoms with van der Waals surface area (Å²) in [6, 6.07) is 0. The highest BCUT2D eigenvalue weighted by atomic mass is 32.2. The number of aliphatic carboxylic acids is 1. The topological polar surface area (TPSA) is 188 Å². The fraction of sp³-hybridized carbons (Fsp3) is 0.684. The number of nitrogens with one attached hydrogen (secondary N) is 3. The third-order valence-electron chi connectivity index (χ3n) is 3.97. The molecule has 0 fully saturated rings. The Bertz CT molecular complexity index is 698. The van der Waals surface area contributed by atoms with Crippen molar-refractivity contribution in [1.29, 1.82) is 0 Å². The van der Waals surface area contributed by atoms with Crippen LogP contribution in [0.25, 0.3) is 0 Å². The number of rotatable bonds is 15. The van der Waals surface area contributed by atoms with Gasteiger partial charge in [-0.3, -0.25) is 28.8 Å². The van der Waals surface area contributed by atoms with Gasteiger partial charge in [-0.2, -0.15) is 0 Å². The Hall–Kier alpha value is -2.67. The van der Waals surface area contributed by atoms with Crippen LogP contribution in [0.4, 0.5) is 0 Å². The first-order valence-corrected chi connectivity index (χ1v) is 10.8. The van der Waals surface area contributed by atoms with Crippen molar-refractivity contribution in [2.75, 3.05) is 32.0 Å². The number of aliphatic hydroxyl groups is 1. The molecule has 5 N–H and O–H groups in total. The van der Waals surface area contributed by atoms with Crippen LogP contribution in [0, 0.1) is 5.41 Å². The molecule has 13 heteroatoms. The van der Waals surface area contributed by atoms with E-state index in [9.17, 15) is 33.9 Å². The van der Waals surface area contributed by atoms with E-state index in [0.29, 0.717) is 0 Å². The van der Waals surface area contributed by atoms with Gasteiger partial charge < -0.3 is 30.9 Å². The van der Waals surface area contributed by atoms with E-state index >= 15 is 0 Å². The van der Waals surface area contributed by atoms with Crippen LogP contribution in [-0.2, 0) is 33.5 Å². The van der Waals surface area contributed by atoms with Crippen molar-refractivity contribution in [1.82, 2.24) is 16.0 Å². The molecular weight excluding hydrogens is 446 g/mol. The van der Waals surface area contributed by atoms with Gasteiger partial charge in [-0.25, -0.2) is 0 Å². The van der Waals surface area contributed by atoms with Crippen LogP contribution in [0.2, 0.25) is 0 Å². The maximum absolute atomic E-state index is 12.4. The Balaban J connectivity index is 4.39. The number of carbonyl (C=O) groups excluding carboxylic acids is 5. The summed E-state index contributed by atoms with van der Waals surface area (Å²) in [6.07, 6.45) is -1.74. The number of hydrogen-bond donors (Lipinski definition) is 5. The fourth-order valence-electron chi connectivity index (χ4n) is 2.14. The van der Waals surface area contributed by atoms with Gasteiger partial charge in [-0.15, -0.1) is 0 Å². The SMILES string of the molecule is CC(=O)NCC(=O)OC(C(=O)NCCC(=O)NCCSC(=O)CCC(=O)O)C(C)(C)CO. The maximum Gasteiger partial charge on any atom is 0.326 e. The van der Waals surface area contributed by atoms with Gasteiger partial charge in [0.2, 0.25) is 11.8 Å². The van der Waals surface area contributed by atoms with E-state index in [-0.39, 0.29) is 49.1 Å². The third-order valence-corrected chi connectivity index (χ3v) is 4.90. The molecule has 0 saturated carbocycles. The molecule has 0 aliphatic heterocycles. The monoisotopic (exact) mass is 477 g/mol. The van der Waals surface area contributed by atoms with Crippen molar-refractivity contribution >= 4 is 46.5 Å². The quantitative estimate of drug-likeness (QED) is 0.141. The van der Waals surface area contributed by atoms with Crippen LogP contribution in [0.3, 0.4) is 0 Å². The Morgan fingerprint density at radius 1 is 0.969 bits per heavy atom. The average Bonchev–Trinajstić information content (AvgIpc) is 2.71. The first-order valence-electron chi connectivity index (χ1n) is 9.85. The predicted octanol–water partition coefficient (Wildman–Crippen LogP) is -1.20. The normalized spacial score (nSPS) is 11.8. The molecule has 0 bridgehead atoms. The second-order valence-electron chi connectivity index (χ2n) is 7.43. The number of thioether (sulfide) groups is 1. The first kappa shape index (κ1) is 29.3. The molecule has 0 rings (SSSR count). The Morgan fingerprint density at radius 3 is 2.19 bits per heavy atom. The molecule has 0 aromatic heterocycles. The average molecular weight is 478 g/mol. The zero-order valence-electron chi connectivity index (χ0n) is 18.4. The van der Waals surface area contributed by atoms with Crippen LogP contribution in [-0.4, -0.2) is 83.1 Å². The second-order valence-corrected chi connectivity index (χ2v) is 8.58. The highest BCUT2D eigenvalue weighted by Crippen LogP contribution is 2.23. The van der Waals surface area contributed by atoms with Crippen LogP contribution in [0.1, 0.15) is 40.0 Å². The molecular formula is C19H31N3O9S. The van der Waals surface area contributed by atoms with Crippen molar-refractivity contribution < 1.29 is 43.7 Å². The molecule has 32 heavy (non-hydrogen) atoms. The van der Waals surface area contributed by atoms with Crippen molar-refractivity contribution in [3.05, 3.63) is 0 Å².